The normalized spacial score (nSPS) is 22.1. The first-order chi connectivity index (χ1) is 8.63. The molecule has 7 nitrogen and oxygen atoms in total. The molecule has 0 aromatic carbocycles. The molecule has 1 aliphatic rings. The van der Waals surface area contributed by atoms with E-state index < -0.39 is 4.92 Å². The molecule has 0 radical (unpaired) electrons. The number of pyridine rings is 1. The summed E-state index contributed by atoms with van der Waals surface area (Å²) < 4.78 is 10.5. The summed E-state index contributed by atoms with van der Waals surface area (Å²) in [7, 11) is 1.45. The third-order valence-corrected chi connectivity index (χ3v) is 3.02. The molecule has 18 heavy (non-hydrogen) atoms. The molecule has 1 heterocycles. The highest BCUT2D eigenvalue weighted by Gasteiger charge is 2.32. The Morgan fingerprint density at radius 3 is 2.83 bits per heavy atom. The molecular formula is C11H15N3O4. The Balaban J connectivity index is 2.12. The highest BCUT2D eigenvalue weighted by atomic mass is 16.6. The average Bonchev–Trinajstić information content (AvgIpc) is 2.32. The van der Waals surface area contributed by atoms with Crippen molar-refractivity contribution in [3.05, 3.63) is 22.2 Å². The van der Waals surface area contributed by atoms with Crippen LogP contribution in [0.4, 0.5) is 5.69 Å². The molecule has 0 bridgehead atoms. The molecule has 2 N–H and O–H groups in total. The highest BCUT2D eigenvalue weighted by molar-refractivity contribution is 5.43. The molecule has 0 unspecified atom stereocenters. The van der Waals surface area contributed by atoms with E-state index >= 15 is 0 Å². The maximum Gasteiger partial charge on any atom is 0.331 e. The summed E-state index contributed by atoms with van der Waals surface area (Å²) in [5.41, 5.74) is 5.37. The van der Waals surface area contributed by atoms with Gasteiger partial charge in [-0.15, -0.1) is 0 Å². The van der Waals surface area contributed by atoms with Crippen LogP contribution in [-0.2, 0) is 0 Å². The number of aromatic nitrogens is 1. The molecule has 1 aromatic rings. The Labute approximate surface area is 104 Å². The summed E-state index contributed by atoms with van der Waals surface area (Å²) in [5.74, 6) is 0.754. The van der Waals surface area contributed by atoms with Gasteiger partial charge >= 0.3 is 5.69 Å². The lowest BCUT2D eigenvalue weighted by atomic mass is 9.82. The van der Waals surface area contributed by atoms with Gasteiger partial charge < -0.3 is 15.2 Å². The molecule has 0 aliphatic heterocycles. The van der Waals surface area contributed by atoms with Crippen LogP contribution in [0, 0.1) is 16.0 Å². The summed E-state index contributed by atoms with van der Waals surface area (Å²) in [5, 5.41) is 10.9. The van der Waals surface area contributed by atoms with Gasteiger partial charge in [-0.1, -0.05) is 0 Å². The predicted octanol–water partition coefficient (Wildman–Crippen LogP) is 1.11. The number of hydrogen-bond donors (Lipinski definition) is 1. The largest absolute Gasteiger partial charge is 0.481 e. The first-order valence-corrected chi connectivity index (χ1v) is 5.70. The maximum absolute atomic E-state index is 10.9. The zero-order valence-electron chi connectivity index (χ0n) is 10.0. The first-order valence-electron chi connectivity index (χ1n) is 5.70. The number of nitrogens with zero attached hydrogens (tertiary/aromatic N) is 2. The Bertz CT molecular complexity index is 446. The van der Waals surface area contributed by atoms with Crippen LogP contribution in [0.15, 0.2) is 12.1 Å². The van der Waals surface area contributed by atoms with Gasteiger partial charge in [-0.05, 0) is 25.3 Å². The van der Waals surface area contributed by atoms with Gasteiger partial charge in [0.25, 0.3) is 5.88 Å². The minimum atomic E-state index is -0.513. The van der Waals surface area contributed by atoms with Crippen molar-refractivity contribution in [2.45, 2.75) is 18.9 Å². The minimum absolute atomic E-state index is 0.0137. The van der Waals surface area contributed by atoms with Gasteiger partial charge in [0.2, 0.25) is 5.88 Å². The number of hydrogen-bond acceptors (Lipinski definition) is 6. The van der Waals surface area contributed by atoms with E-state index in [4.69, 9.17) is 15.2 Å². The molecule has 0 amide bonds. The Hall–Kier alpha value is -1.89. The smallest absolute Gasteiger partial charge is 0.331 e. The van der Waals surface area contributed by atoms with Gasteiger partial charge in [-0.3, -0.25) is 10.1 Å². The fourth-order valence-electron chi connectivity index (χ4n) is 1.88. The van der Waals surface area contributed by atoms with Crippen LogP contribution in [0.5, 0.6) is 11.8 Å². The van der Waals surface area contributed by atoms with E-state index in [1.165, 1.54) is 19.2 Å². The highest BCUT2D eigenvalue weighted by Crippen LogP contribution is 2.34. The van der Waals surface area contributed by atoms with E-state index in [0.717, 1.165) is 12.8 Å². The predicted molar refractivity (Wildman–Crippen MR) is 63.6 cm³/mol. The maximum atomic E-state index is 10.9. The number of nitro groups is 1. The molecule has 98 valence electrons. The molecule has 2 rings (SSSR count). The number of methoxy groups -OCH3 is 1. The van der Waals surface area contributed by atoms with E-state index in [-0.39, 0.29) is 17.7 Å². The SMILES string of the molecule is COc1ccc([N+](=O)[O-])c(OC2CC(CN)C2)n1. The van der Waals surface area contributed by atoms with Crippen LogP contribution >= 0.6 is 0 Å². The molecule has 1 fully saturated rings. The van der Waals surface area contributed by atoms with Crippen molar-refractivity contribution in [2.24, 2.45) is 11.7 Å². The molecule has 1 aromatic heterocycles. The molecule has 1 saturated carbocycles. The van der Waals surface area contributed by atoms with Crippen molar-refractivity contribution in [2.75, 3.05) is 13.7 Å². The van der Waals surface area contributed by atoms with Crippen molar-refractivity contribution in [3.8, 4) is 11.8 Å². The lowest BCUT2D eigenvalue weighted by Gasteiger charge is -2.33. The summed E-state index contributed by atoms with van der Waals surface area (Å²) >= 11 is 0. The second-order valence-corrected chi connectivity index (χ2v) is 4.25. The molecule has 1 aliphatic carbocycles. The summed E-state index contributed by atoms with van der Waals surface area (Å²) in [4.78, 5) is 14.3. The van der Waals surface area contributed by atoms with Gasteiger partial charge in [-0.25, -0.2) is 0 Å². The lowest BCUT2D eigenvalue weighted by molar-refractivity contribution is -0.386. The van der Waals surface area contributed by atoms with Crippen LogP contribution in [0.1, 0.15) is 12.8 Å². The molecule has 7 heteroatoms. The standard InChI is InChI=1S/C11H15N3O4/c1-17-10-3-2-9(14(15)16)11(13-10)18-8-4-7(5-8)6-12/h2-3,7-8H,4-6,12H2,1H3. The van der Waals surface area contributed by atoms with E-state index in [1.807, 2.05) is 0 Å². The molecule has 0 spiro atoms. The quantitative estimate of drug-likeness (QED) is 0.623. The van der Waals surface area contributed by atoms with Crippen LogP contribution in [0.3, 0.4) is 0 Å². The van der Waals surface area contributed by atoms with Crippen molar-refractivity contribution in [3.63, 3.8) is 0 Å². The van der Waals surface area contributed by atoms with Crippen molar-refractivity contribution < 1.29 is 14.4 Å². The monoisotopic (exact) mass is 253 g/mol. The zero-order chi connectivity index (χ0) is 13.1. The molecule has 0 saturated heterocycles. The Morgan fingerprint density at radius 1 is 1.56 bits per heavy atom. The van der Waals surface area contributed by atoms with Crippen molar-refractivity contribution in [1.29, 1.82) is 0 Å². The number of ether oxygens (including phenoxy) is 2. The van der Waals surface area contributed by atoms with Crippen molar-refractivity contribution >= 4 is 5.69 Å². The Kier molecular flexibility index (Phi) is 3.61. The fraction of sp³-hybridized carbons (Fsp3) is 0.545. The van der Waals surface area contributed by atoms with Crippen molar-refractivity contribution in [1.82, 2.24) is 4.98 Å². The van der Waals surface area contributed by atoms with Crippen LogP contribution in [-0.4, -0.2) is 29.7 Å². The Morgan fingerprint density at radius 2 is 2.28 bits per heavy atom. The third-order valence-electron chi connectivity index (χ3n) is 3.02. The van der Waals surface area contributed by atoms with Crippen LogP contribution in [0.25, 0.3) is 0 Å². The average molecular weight is 253 g/mol. The van der Waals surface area contributed by atoms with E-state index in [0.29, 0.717) is 18.3 Å². The molecule has 0 atom stereocenters. The van der Waals surface area contributed by atoms with Gasteiger partial charge in [-0.2, -0.15) is 4.98 Å². The topological polar surface area (TPSA) is 101 Å². The summed E-state index contributed by atoms with van der Waals surface area (Å²) in [6.07, 6.45) is 1.58. The second kappa shape index (κ2) is 5.18. The van der Waals surface area contributed by atoms with Crippen LogP contribution < -0.4 is 15.2 Å². The number of nitrogens with two attached hydrogens (primary N) is 1. The summed E-state index contributed by atoms with van der Waals surface area (Å²) in [6.45, 7) is 0.619. The zero-order valence-corrected chi connectivity index (χ0v) is 10.0. The van der Waals surface area contributed by atoms with Gasteiger partial charge in [0.05, 0.1) is 12.0 Å². The van der Waals surface area contributed by atoms with E-state index in [2.05, 4.69) is 4.98 Å². The molecular weight excluding hydrogens is 238 g/mol. The minimum Gasteiger partial charge on any atom is -0.481 e. The van der Waals surface area contributed by atoms with Gasteiger partial charge in [0, 0.05) is 12.1 Å². The number of rotatable bonds is 5. The second-order valence-electron chi connectivity index (χ2n) is 4.25. The van der Waals surface area contributed by atoms with Crippen LogP contribution in [0.2, 0.25) is 0 Å². The van der Waals surface area contributed by atoms with Gasteiger partial charge in [0.1, 0.15) is 6.10 Å². The lowest BCUT2D eigenvalue weighted by Crippen LogP contribution is -2.38. The fourth-order valence-corrected chi connectivity index (χ4v) is 1.88. The first kappa shape index (κ1) is 12.6. The van der Waals surface area contributed by atoms with E-state index in [1.54, 1.807) is 0 Å². The van der Waals surface area contributed by atoms with Gasteiger partial charge in [0.15, 0.2) is 0 Å². The summed E-state index contributed by atoms with van der Waals surface area (Å²) in [6, 6.07) is 2.77. The third kappa shape index (κ3) is 2.51. The van der Waals surface area contributed by atoms with E-state index in [9.17, 15) is 10.1 Å².